The van der Waals surface area contributed by atoms with E-state index in [-0.39, 0.29) is 0 Å². The summed E-state index contributed by atoms with van der Waals surface area (Å²) in [6.07, 6.45) is -1.39. The Hall–Kier alpha value is -2.38. The molecule has 0 rings (SSSR count). The second-order valence-corrected chi connectivity index (χ2v) is 3.16. The average molecular weight is 254 g/mol. The number of ketones is 2. The van der Waals surface area contributed by atoms with Gasteiger partial charge in [-0.2, -0.15) is 0 Å². The molecule has 8 heteroatoms. The van der Waals surface area contributed by atoms with Crippen LogP contribution in [0.25, 0.3) is 0 Å². The van der Waals surface area contributed by atoms with E-state index < -0.39 is 49.1 Å². The minimum atomic E-state index is -0.974. The Balaban J connectivity index is 4.13. The fraction of sp³-hybridized carbons (Fsp3) is 0.400. The zero-order chi connectivity index (χ0) is 14.0. The van der Waals surface area contributed by atoms with Crippen molar-refractivity contribution in [1.29, 1.82) is 0 Å². The van der Waals surface area contributed by atoms with Crippen LogP contribution in [0.4, 0.5) is 0 Å². The van der Waals surface area contributed by atoms with Crippen molar-refractivity contribution in [2.45, 2.75) is 25.7 Å². The van der Waals surface area contributed by atoms with E-state index in [0.717, 1.165) is 0 Å². The van der Waals surface area contributed by atoms with E-state index in [2.05, 4.69) is 10.2 Å². The van der Waals surface area contributed by atoms with Crippen molar-refractivity contribution >= 4 is 36.0 Å². The first-order valence-corrected chi connectivity index (χ1v) is 4.87. The van der Waals surface area contributed by atoms with E-state index in [1.54, 1.807) is 0 Å². The number of hydrogen-bond donors (Lipinski definition) is 0. The molecule has 0 aromatic heterocycles. The molecule has 0 aliphatic rings. The Labute approximate surface area is 101 Å². The lowest BCUT2D eigenvalue weighted by molar-refractivity contribution is -0.131. The predicted molar refractivity (Wildman–Crippen MR) is 55.5 cm³/mol. The molecule has 0 atom stereocenters. The van der Waals surface area contributed by atoms with E-state index in [1.165, 1.54) is 0 Å². The standard InChI is InChI=1S/C10H10N2O6/c13-3-1-7(15)5-9(17)11-12-10(18)6-8(16)2-4-14/h3-4H,1-2,5-6H2. The lowest BCUT2D eigenvalue weighted by Crippen LogP contribution is -2.08. The van der Waals surface area contributed by atoms with Crippen LogP contribution in [0.3, 0.4) is 0 Å². The van der Waals surface area contributed by atoms with Crippen LogP contribution in [-0.4, -0.2) is 36.0 Å². The Morgan fingerprint density at radius 3 is 1.33 bits per heavy atom. The summed E-state index contributed by atoms with van der Waals surface area (Å²) in [5.41, 5.74) is 0. The molecule has 18 heavy (non-hydrogen) atoms. The van der Waals surface area contributed by atoms with Crippen molar-refractivity contribution in [2.75, 3.05) is 0 Å². The van der Waals surface area contributed by atoms with Gasteiger partial charge in [-0.05, 0) is 0 Å². The molecule has 0 saturated carbocycles. The van der Waals surface area contributed by atoms with Gasteiger partial charge in [-0.25, -0.2) is 0 Å². The van der Waals surface area contributed by atoms with Gasteiger partial charge in [-0.1, -0.05) is 0 Å². The summed E-state index contributed by atoms with van der Waals surface area (Å²) in [4.78, 5) is 63.4. The largest absolute Gasteiger partial charge is 0.303 e. The summed E-state index contributed by atoms with van der Waals surface area (Å²) >= 11 is 0. The van der Waals surface area contributed by atoms with Gasteiger partial charge in [-0.15, -0.1) is 10.2 Å². The summed E-state index contributed by atoms with van der Waals surface area (Å²) in [6.45, 7) is 0. The molecule has 0 saturated heterocycles. The van der Waals surface area contributed by atoms with Crippen molar-refractivity contribution < 1.29 is 28.8 Å². The van der Waals surface area contributed by atoms with Gasteiger partial charge < -0.3 is 9.59 Å². The van der Waals surface area contributed by atoms with Crippen molar-refractivity contribution in [2.24, 2.45) is 10.2 Å². The molecule has 0 heterocycles. The normalized spacial score (nSPS) is 10.0. The number of amides is 2. The SMILES string of the molecule is O=CCC(=O)CC(=O)N=NC(=O)CC(=O)CC=O. The number of Topliss-reactive ketones (excluding diaryl/α,β-unsaturated/α-hetero) is 2. The van der Waals surface area contributed by atoms with Gasteiger partial charge in [0.15, 0.2) is 0 Å². The Kier molecular flexibility index (Phi) is 7.58. The molecular weight excluding hydrogens is 244 g/mol. The van der Waals surface area contributed by atoms with Crippen LogP contribution in [0.2, 0.25) is 0 Å². The minimum Gasteiger partial charge on any atom is -0.303 e. The van der Waals surface area contributed by atoms with Crippen LogP contribution in [0, 0.1) is 0 Å². The smallest absolute Gasteiger partial charge is 0.272 e. The number of nitrogens with zero attached hydrogens (tertiary/aromatic N) is 2. The highest BCUT2D eigenvalue weighted by atomic mass is 16.2. The Bertz CT molecular complexity index is 375. The van der Waals surface area contributed by atoms with Crippen molar-refractivity contribution in [3.05, 3.63) is 0 Å². The summed E-state index contributed by atoms with van der Waals surface area (Å²) < 4.78 is 0. The first-order valence-electron chi connectivity index (χ1n) is 4.87. The van der Waals surface area contributed by atoms with Crippen LogP contribution >= 0.6 is 0 Å². The van der Waals surface area contributed by atoms with Crippen molar-refractivity contribution in [3.63, 3.8) is 0 Å². The zero-order valence-electron chi connectivity index (χ0n) is 9.33. The van der Waals surface area contributed by atoms with Crippen molar-refractivity contribution in [3.8, 4) is 0 Å². The third-order valence-corrected chi connectivity index (χ3v) is 1.59. The molecule has 0 aliphatic carbocycles. The highest BCUT2D eigenvalue weighted by molar-refractivity contribution is 6.04. The number of carbonyl (C=O) groups is 6. The summed E-state index contributed by atoms with van der Waals surface area (Å²) in [5.74, 6) is -3.23. The Morgan fingerprint density at radius 1 is 0.722 bits per heavy atom. The average Bonchev–Trinajstić information content (AvgIpc) is 2.27. The minimum absolute atomic E-state index is 0.343. The molecule has 2 amide bonds. The lowest BCUT2D eigenvalue weighted by atomic mass is 10.2. The number of hydrogen-bond acceptors (Lipinski definition) is 6. The summed E-state index contributed by atoms with van der Waals surface area (Å²) in [7, 11) is 0. The van der Waals surface area contributed by atoms with Gasteiger partial charge in [0, 0.05) is 0 Å². The van der Waals surface area contributed by atoms with E-state index >= 15 is 0 Å². The highest BCUT2D eigenvalue weighted by Crippen LogP contribution is 1.95. The van der Waals surface area contributed by atoms with Crippen molar-refractivity contribution in [1.82, 2.24) is 0 Å². The molecule has 0 aromatic rings. The van der Waals surface area contributed by atoms with Gasteiger partial charge >= 0.3 is 0 Å². The van der Waals surface area contributed by atoms with Crippen LogP contribution in [0.15, 0.2) is 10.2 Å². The van der Waals surface area contributed by atoms with Gasteiger partial charge in [0.05, 0.1) is 25.7 Å². The third-order valence-electron chi connectivity index (χ3n) is 1.59. The highest BCUT2D eigenvalue weighted by Gasteiger charge is 2.11. The molecule has 0 aliphatic heterocycles. The van der Waals surface area contributed by atoms with Crippen LogP contribution in [0.1, 0.15) is 25.7 Å². The maximum atomic E-state index is 11.0. The van der Waals surface area contributed by atoms with E-state index in [9.17, 15) is 28.8 Å². The molecule has 96 valence electrons. The molecule has 0 unspecified atom stereocenters. The fourth-order valence-corrected chi connectivity index (χ4v) is 0.850. The lowest BCUT2D eigenvalue weighted by Gasteiger charge is -1.91. The van der Waals surface area contributed by atoms with E-state index in [0.29, 0.717) is 12.6 Å². The maximum absolute atomic E-state index is 11.0. The van der Waals surface area contributed by atoms with Gasteiger partial charge in [0.2, 0.25) is 0 Å². The molecule has 0 radical (unpaired) electrons. The first-order chi connectivity index (χ1) is 8.49. The van der Waals surface area contributed by atoms with Gasteiger partial charge in [0.1, 0.15) is 24.1 Å². The third kappa shape index (κ3) is 7.85. The van der Waals surface area contributed by atoms with Crippen LogP contribution < -0.4 is 0 Å². The topological polar surface area (TPSA) is 127 Å². The Morgan fingerprint density at radius 2 is 1.06 bits per heavy atom. The molecule has 0 aromatic carbocycles. The molecule has 0 spiro atoms. The first kappa shape index (κ1) is 15.6. The van der Waals surface area contributed by atoms with Crippen LogP contribution in [-0.2, 0) is 28.8 Å². The van der Waals surface area contributed by atoms with Crippen LogP contribution in [0.5, 0.6) is 0 Å². The van der Waals surface area contributed by atoms with Gasteiger partial charge in [-0.3, -0.25) is 19.2 Å². The predicted octanol–water partition coefficient (Wildman–Crippen LogP) is -0.412. The molecule has 0 fully saturated rings. The quantitative estimate of drug-likeness (QED) is 0.329. The zero-order valence-corrected chi connectivity index (χ0v) is 9.33. The molecule has 0 bridgehead atoms. The molecule has 8 nitrogen and oxygen atoms in total. The second kappa shape index (κ2) is 8.74. The number of rotatable bonds is 8. The monoisotopic (exact) mass is 254 g/mol. The number of carbonyl (C=O) groups excluding carboxylic acids is 6. The summed E-state index contributed by atoms with van der Waals surface area (Å²) in [6, 6.07) is 0. The van der Waals surface area contributed by atoms with E-state index in [4.69, 9.17) is 0 Å². The molecular formula is C10H10N2O6. The van der Waals surface area contributed by atoms with Gasteiger partial charge in [0.25, 0.3) is 11.8 Å². The number of azo groups is 1. The summed E-state index contributed by atoms with van der Waals surface area (Å²) in [5, 5.41) is 5.84. The molecule has 0 N–H and O–H groups in total. The maximum Gasteiger partial charge on any atom is 0.272 e. The van der Waals surface area contributed by atoms with E-state index in [1.807, 2.05) is 0 Å². The second-order valence-electron chi connectivity index (χ2n) is 3.16. The number of aldehydes is 2. The fourth-order valence-electron chi connectivity index (χ4n) is 0.850.